The third-order valence-electron chi connectivity index (χ3n) is 9.09. The molecule has 1 atom stereocenters. The second-order valence-corrected chi connectivity index (χ2v) is 11.5. The van der Waals surface area contributed by atoms with Crippen LogP contribution in [0.4, 0.5) is 0 Å². The number of aromatic nitrogens is 1. The lowest BCUT2D eigenvalue weighted by Crippen LogP contribution is -2.28. The minimum Gasteiger partial charge on any atom is -0.381 e. The maximum Gasteiger partial charge on any atom is 0.133 e. The smallest absolute Gasteiger partial charge is 0.133 e. The van der Waals surface area contributed by atoms with Gasteiger partial charge >= 0.3 is 0 Å². The summed E-state index contributed by atoms with van der Waals surface area (Å²) in [5.74, 6) is 2.63. The van der Waals surface area contributed by atoms with Gasteiger partial charge in [0.05, 0.1) is 0 Å². The summed E-state index contributed by atoms with van der Waals surface area (Å²) >= 11 is 0. The Hall–Kier alpha value is -1.65. The summed E-state index contributed by atoms with van der Waals surface area (Å²) in [4.78, 5) is 13.4. The van der Waals surface area contributed by atoms with Crippen molar-refractivity contribution < 1.29 is 9.53 Å². The number of nitrogens with two attached hydrogens (primary N) is 1. The second-order valence-electron chi connectivity index (χ2n) is 11.5. The van der Waals surface area contributed by atoms with Crippen LogP contribution in [0.5, 0.6) is 0 Å². The molecule has 2 aliphatic carbocycles. The highest BCUT2D eigenvalue weighted by Crippen LogP contribution is 2.41. The molecular weight excluding hydrogens is 420 g/mol. The van der Waals surface area contributed by atoms with Gasteiger partial charge in [-0.3, -0.25) is 4.79 Å². The van der Waals surface area contributed by atoms with E-state index in [4.69, 9.17) is 10.5 Å². The fourth-order valence-electron chi connectivity index (χ4n) is 7.06. The van der Waals surface area contributed by atoms with Crippen LogP contribution >= 0.6 is 0 Å². The molecular formula is C30H44N2O2. The van der Waals surface area contributed by atoms with Crippen LogP contribution in [0.2, 0.25) is 0 Å². The third-order valence-corrected chi connectivity index (χ3v) is 9.09. The van der Waals surface area contributed by atoms with Crippen molar-refractivity contribution in [3.63, 3.8) is 0 Å². The van der Waals surface area contributed by atoms with Crippen molar-refractivity contribution in [2.24, 2.45) is 23.5 Å². The average molecular weight is 465 g/mol. The number of fused-ring (bicyclic) bond motifs is 1. The Morgan fingerprint density at radius 2 is 1.68 bits per heavy atom. The van der Waals surface area contributed by atoms with Crippen molar-refractivity contribution in [3.8, 4) is 0 Å². The van der Waals surface area contributed by atoms with Crippen LogP contribution in [0.1, 0.15) is 95.0 Å². The van der Waals surface area contributed by atoms with Gasteiger partial charge in [0.1, 0.15) is 5.78 Å². The van der Waals surface area contributed by atoms with E-state index in [1.54, 1.807) is 0 Å². The fourth-order valence-corrected chi connectivity index (χ4v) is 7.06. The van der Waals surface area contributed by atoms with Gasteiger partial charge in [0, 0.05) is 55.7 Å². The number of carbonyl (C=O) groups excluding carboxylic acids is 1. The molecule has 1 aromatic heterocycles. The van der Waals surface area contributed by atoms with Crippen molar-refractivity contribution in [1.29, 1.82) is 0 Å². The van der Waals surface area contributed by atoms with E-state index in [1.807, 2.05) is 0 Å². The van der Waals surface area contributed by atoms with E-state index in [-0.39, 0.29) is 0 Å². The fraction of sp³-hybridized carbons (Fsp3) is 0.700. The zero-order chi connectivity index (χ0) is 23.3. The molecule has 1 unspecified atom stereocenters. The minimum absolute atomic E-state index is 0.305. The van der Waals surface area contributed by atoms with Crippen LogP contribution in [0.25, 0.3) is 10.9 Å². The molecule has 4 nitrogen and oxygen atoms in total. The van der Waals surface area contributed by atoms with E-state index in [0.717, 1.165) is 70.6 Å². The molecule has 2 aromatic rings. The molecule has 0 bridgehead atoms. The largest absolute Gasteiger partial charge is 0.381 e. The molecule has 2 saturated carbocycles. The predicted octanol–water partition coefficient (Wildman–Crippen LogP) is 6.60. The van der Waals surface area contributed by atoms with Crippen LogP contribution in [-0.4, -0.2) is 29.6 Å². The van der Waals surface area contributed by atoms with Crippen LogP contribution in [0, 0.1) is 17.8 Å². The molecule has 4 heteroatoms. The van der Waals surface area contributed by atoms with Crippen molar-refractivity contribution >= 4 is 16.7 Å². The van der Waals surface area contributed by atoms with Gasteiger partial charge < -0.3 is 15.0 Å². The van der Waals surface area contributed by atoms with E-state index in [1.165, 1.54) is 48.6 Å². The Morgan fingerprint density at radius 3 is 2.44 bits per heavy atom. The summed E-state index contributed by atoms with van der Waals surface area (Å²) in [7, 11) is 0. The standard InChI is InChI=1S/C30H44N2O2/c31-25-12-10-22(11-13-25)18-26(33)19-28(24-14-16-34-17-15-24)29-21-32(20-23-6-2-1-3-7-23)30-9-5-4-8-27(29)30/h4-5,8-9,21-25,28H,1-3,6-7,10-20,31H2. The lowest BCUT2D eigenvalue weighted by atomic mass is 9.76. The van der Waals surface area contributed by atoms with Crippen molar-refractivity contribution in [2.75, 3.05) is 13.2 Å². The number of carbonyl (C=O) groups is 1. The van der Waals surface area contributed by atoms with Gasteiger partial charge in [-0.25, -0.2) is 0 Å². The van der Waals surface area contributed by atoms with Crippen molar-refractivity contribution in [3.05, 3.63) is 36.0 Å². The highest BCUT2D eigenvalue weighted by molar-refractivity contribution is 5.86. The molecule has 1 aliphatic heterocycles. The maximum atomic E-state index is 13.4. The van der Waals surface area contributed by atoms with Gasteiger partial charge in [-0.1, -0.05) is 37.5 Å². The Labute approximate surface area is 205 Å². The first-order chi connectivity index (χ1) is 16.7. The second kappa shape index (κ2) is 11.4. The number of hydrogen-bond donors (Lipinski definition) is 1. The first-order valence-electron chi connectivity index (χ1n) is 14.1. The van der Waals surface area contributed by atoms with Crippen molar-refractivity contribution in [2.45, 2.75) is 102 Å². The highest BCUT2D eigenvalue weighted by atomic mass is 16.5. The van der Waals surface area contributed by atoms with Gasteiger partial charge in [-0.2, -0.15) is 0 Å². The van der Waals surface area contributed by atoms with Gasteiger partial charge in [-0.05, 0) is 86.7 Å². The molecule has 3 fully saturated rings. The summed E-state index contributed by atoms with van der Waals surface area (Å²) in [5.41, 5.74) is 8.87. The first-order valence-corrected chi connectivity index (χ1v) is 14.1. The van der Waals surface area contributed by atoms with Crippen LogP contribution in [0.3, 0.4) is 0 Å². The minimum atomic E-state index is 0.305. The van der Waals surface area contributed by atoms with E-state index in [9.17, 15) is 4.79 Å². The number of ether oxygens (including phenoxy) is 1. The third kappa shape index (κ3) is 5.76. The van der Waals surface area contributed by atoms with Crippen LogP contribution in [-0.2, 0) is 16.1 Å². The molecule has 186 valence electrons. The van der Waals surface area contributed by atoms with Crippen LogP contribution in [0.15, 0.2) is 30.5 Å². The van der Waals surface area contributed by atoms with Gasteiger partial charge in [-0.15, -0.1) is 0 Å². The Bertz CT molecular complexity index is 930. The molecule has 34 heavy (non-hydrogen) atoms. The van der Waals surface area contributed by atoms with Crippen molar-refractivity contribution in [1.82, 2.24) is 4.57 Å². The van der Waals surface area contributed by atoms with E-state index >= 15 is 0 Å². The first kappa shape index (κ1) is 24.1. The molecule has 0 spiro atoms. The molecule has 1 aromatic carbocycles. The molecule has 0 amide bonds. The van der Waals surface area contributed by atoms with Gasteiger partial charge in [0.15, 0.2) is 0 Å². The Balaban J connectivity index is 1.39. The summed E-state index contributed by atoms with van der Waals surface area (Å²) < 4.78 is 8.24. The molecule has 2 heterocycles. The summed E-state index contributed by atoms with van der Waals surface area (Å²) in [6.45, 7) is 2.78. The quantitative estimate of drug-likeness (QED) is 0.479. The zero-order valence-corrected chi connectivity index (χ0v) is 20.9. The lowest BCUT2D eigenvalue weighted by Gasteiger charge is -2.31. The monoisotopic (exact) mass is 464 g/mol. The highest BCUT2D eigenvalue weighted by Gasteiger charge is 2.31. The Kier molecular flexibility index (Phi) is 8.06. The average Bonchev–Trinajstić information content (AvgIpc) is 3.23. The van der Waals surface area contributed by atoms with Gasteiger partial charge in [0.2, 0.25) is 0 Å². The predicted molar refractivity (Wildman–Crippen MR) is 139 cm³/mol. The maximum absolute atomic E-state index is 13.4. The van der Waals surface area contributed by atoms with E-state index in [2.05, 4.69) is 35.0 Å². The summed E-state index contributed by atoms with van der Waals surface area (Å²) in [5, 5.41) is 1.37. The molecule has 5 rings (SSSR count). The number of hydrogen-bond acceptors (Lipinski definition) is 3. The zero-order valence-electron chi connectivity index (χ0n) is 20.9. The lowest BCUT2D eigenvalue weighted by molar-refractivity contribution is -0.121. The Morgan fingerprint density at radius 1 is 0.941 bits per heavy atom. The molecule has 2 N–H and O–H groups in total. The number of Topliss-reactive ketones (excluding diaryl/α,β-unsaturated/α-hetero) is 1. The molecule has 3 aliphatic rings. The topological polar surface area (TPSA) is 57.2 Å². The number of rotatable bonds is 8. The molecule has 0 radical (unpaired) electrons. The molecule has 1 saturated heterocycles. The van der Waals surface area contributed by atoms with Gasteiger partial charge in [0.25, 0.3) is 0 Å². The van der Waals surface area contributed by atoms with E-state index in [0.29, 0.717) is 36.0 Å². The number of ketones is 1. The normalized spacial score (nSPS) is 26.0. The summed E-state index contributed by atoms with van der Waals surface area (Å²) in [6.07, 6.45) is 17.3. The van der Waals surface area contributed by atoms with E-state index < -0.39 is 0 Å². The number of benzene rings is 1. The number of nitrogens with zero attached hydrogens (tertiary/aromatic N) is 1. The van der Waals surface area contributed by atoms with Crippen LogP contribution < -0.4 is 5.73 Å². The SMILES string of the molecule is NC1CCC(CC(=O)CC(c2cn(CC3CCCCC3)c3ccccc23)C2CCOCC2)CC1. The number of para-hydroxylation sites is 1. The summed E-state index contributed by atoms with van der Waals surface area (Å²) in [6, 6.07) is 9.27.